The highest BCUT2D eigenvalue weighted by Gasteiger charge is 2.14. The Kier molecular flexibility index (Phi) is 3.49. The average molecular weight is 192 g/mol. The number of hydrogen-bond donors (Lipinski definition) is 0. The van der Waals surface area contributed by atoms with E-state index in [0.29, 0.717) is 5.69 Å². The van der Waals surface area contributed by atoms with Crippen LogP contribution >= 0.6 is 0 Å². The first-order chi connectivity index (χ1) is 6.74. The van der Waals surface area contributed by atoms with Crippen molar-refractivity contribution in [3.63, 3.8) is 0 Å². The van der Waals surface area contributed by atoms with Gasteiger partial charge in [0.15, 0.2) is 6.29 Å². The monoisotopic (exact) mass is 192 g/mol. The first kappa shape index (κ1) is 10.0. The molecule has 0 saturated heterocycles. The highest BCUT2D eigenvalue weighted by molar-refractivity contribution is 5.84. The molecule has 0 fully saturated rings. The molecule has 72 valence electrons. The van der Waals surface area contributed by atoms with Crippen molar-refractivity contribution in [1.29, 1.82) is 0 Å². The first-order valence-corrected chi connectivity index (χ1v) is 3.92. The normalized spacial score (nSPS) is 12.6. The molecule has 0 amide bonds. The second-order valence-corrected chi connectivity index (χ2v) is 2.53. The molecule has 1 aromatic rings. The van der Waals surface area contributed by atoms with E-state index < -0.39 is 11.0 Å². The van der Waals surface area contributed by atoms with E-state index in [4.69, 9.17) is 0 Å². The van der Waals surface area contributed by atoms with Gasteiger partial charge in [-0.25, -0.2) is 0 Å². The Morgan fingerprint density at radius 3 is 2.50 bits per heavy atom. The number of nitro groups is 1. The van der Waals surface area contributed by atoms with E-state index in [1.807, 2.05) is 6.07 Å². The van der Waals surface area contributed by atoms with Gasteiger partial charge in [0.2, 0.25) is 0 Å². The Balaban J connectivity index is 2.72. The van der Waals surface area contributed by atoms with Crippen LogP contribution in [0.4, 0.5) is 5.69 Å². The number of aliphatic imine (C=N–C) groups is 1. The van der Waals surface area contributed by atoms with E-state index in [1.165, 1.54) is 0 Å². The van der Waals surface area contributed by atoms with Gasteiger partial charge in [0.1, 0.15) is 0 Å². The third-order valence-electron chi connectivity index (χ3n) is 1.52. The number of carbonyl (C=O) groups is 1. The third kappa shape index (κ3) is 2.78. The maximum Gasteiger partial charge on any atom is 0.302 e. The molecule has 0 spiro atoms. The van der Waals surface area contributed by atoms with Crippen LogP contribution < -0.4 is 0 Å². The number of benzene rings is 1. The lowest BCUT2D eigenvalue weighted by molar-refractivity contribution is -0.485. The minimum atomic E-state index is -1.37. The van der Waals surface area contributed by atoms with Gasteiger partial charge >= 0.3 is 6.04 Å². The first-order valence-electron chi connectivity index (χ1n) is 3.92. The predicted molar refractivity (Wildman–Crippen MR) is 51.4 cm³/mol. The zero-order chi connectivity index (χ0) is 10.4. The van der Waals surface area contributed by atoms with Crippen molar-refractivity contribution in [3.05, 3.63) is 40.4 Å². The smallest absolute Gasteiger partial charge is 0.295 e. The summed E-state index contributed by atoms with van der Waals surface area (Å²) in [5.41, 5.74) is 0.584. The summed E-state index contributed by atoms with van der Waals surface area (Å²) < 4.78 is 0. The highest BCUT2D eigenvalue weighted by atomic mass is 16.6. The van der Waals surface area contributed by atoms with Crippen molar-refractivity contribution in [3.8, 4) is 0 Å². The molecule has 0 aromatic heterocycles. The summed E-state index contributed by atoms with van der Waals surface area (Å²) in [4.78, 5) is 23.6. The number of carbonyl (C=O) groups excluding carboxylic acids is 1. The summed E-state index contributed by atoms with van der Waals surface area (Å²) in [5, 5.41) is 10.2. The molecule has 14 heavy (non-hydrogen) atoms. The van der Waals surface area contributed by atoms with Crippen LogP contribution in [-0.4, -0.2) is 23.5 Å². The highest BCUT2D eigenvalue weighted by Crippen LogP contribution is 2.08. The van der Waals surface area contributed by atoms with E-state index in [2.05, 4.69) is 4.99 Å². The van der Waals surface area contributed by atoms with Gasteiger partial charge in [-0.2, -0.15) is 0 Å². The Morgan fingerprint density at radius 2 is 2.00 bits per heavy atom. The van der Waals surface area contributed by atoms with E-state index in [1.54, 1.807) is 24.3 Å². The summed E-state index contributed by atoms with van der Waals surface area (Å²) >= 11 is 0. The lowest BCUT2D eigenvalue weighted by Gasteiger charge is -1.94. The van der Waals surface area contributed by atoms with E-state index >= 15 is 0 Å². The molecular weight excluding hydrogens is 184 g/mol. The van der Waals surface area contributed by atoms with Crippen LogP contribution in [0.15, 0.2) is 35.3 Å². The van der Waals surface area contributed by atoms with Gasteiger partial charge in [0, 0.05) is 4.92 Å². The van der Waals surface area contributed by atoms with Gasteiger partial charge in [-0.1, -0.05) is 18.2 Å². The second-order valence-electron chi connectivity index (χ2n) is 2.53. The molecular formula is C9H8N2O3. The minimum absolute atomic E-state index is 0.243. The molecule has 5 heteroatoms. The summed E-state index contributed by atoms with van der Waals surface area (Å²) in [6, 6.07) is 7.35. The van der Waals surface area contributed by atoms with Crippen molar-refractivity contribution in [2.75, 3.05) is 0 Å². The standard InChI is InChI=1S/C9H8N2O3/c12-7-9(11(13)14)6-10-8-4-2-1-3-5-8/h1-7,9H. The number of aldehydes is 1. The van der Waals surface area contributed by atoms with E-state index in [-0.39, 0.29) is 6.29 Å². The lowest BCUT2D eigenvalue weighted by Crippen LogP contribution is -2.22. The fourth-order valence-electron chi connectivity index (χ4n) is 0.816. The minimum Gasteiger partial charge on any atom is -0.295 e. The van der Waals surface area contributed by atoms with Gasteiger partial charge < -0.3 is 0 Å². The third-order valence-corrected chi connectivity index (χ3v) is 1.52. The van der Waals surface area contributed by atoms with Crippen molar-refractivity contribution in [2.24, 2.45) is 4.99 Å². The summed E-state index contributed by atoms with van der Waals surface area (Å²) in [6.45, 7) is 0. The predicted octanol–water partition coefficient (Wildman–Crippen LogP) is 1.23. The van der Waals surface area contributed by atoms with E-state index in [9.17, 15) is 14.9 Å². The maximum atomic E-state index is 10.2. The molecule has 0 heterocycles. The van der Waals surface area contributed by atoms with Crippen LogP contribution in [0.1, 0.15) is 0 Å². The van der Waals surface area contributed by atoms with Crippen molar-refractivity contribution in [1.82, 2.24) is 0 Å². The van der Waals surface area contributed by atoms with Crippen LogP contribution in [0, 0.1) is 10.1 Å². The Bertz CT molecular complexity index is 348. The molecule has 0 aliphatic carbocycles. The van der Waals surface area contributed by atoms with Gasteiger partial charge in [0.05, 0.1) is 11.9 Å². The molecule has 0 aliphatic heterocycles. The zero-order valence-electron chi connectivity index (χ0n) is 7.24. The molecule has 1 rings (SSSR count). The van der Waals surface area contributed by atoms with Crippen LogP contribution in [0.25, 0.3) is 0 Å². The fraction of sp³-hybridized carbons (Fsp3) is 0.111. The van der Waals surface area contributed by atoms with Gasteiger partial charge in [-0.15, -0.1) is 0 Å². The largest absolute Gasteiger partial charge is 0.302 e. The SMILES string of the molecule is O=CC(C=Nc1ccccc1)[N+](=O)[O-]. The van der Waals surface area contributed by atoms with Crippen molar-refractivity contribution >= 4 is 18.2 Å². The van der Waals surface area contributed by atoms with Gasteiger partial charge in [-0.3, -0.25) is 19.9 Å². The summed E-state index contributed by atoms with van der Waals surface area (Å²) in [5.74, 6) is 0. The molecule has 0 N–H and O–H groups in total. The second kappa shape index (κ2) is 4.86. The van der Waals surface area contributed by atoms with E-state index in [0.717, 1.165) is 6.21 Å². The Labute approximate surface area is 80.2 Å². The lowest BCUT2D eigenvalue weighted by atomic mass is 10.3. The number of hydrogen-bond acceptors (Lipinski definition) is 4. The number of rotatable bonds is 4. The Morgan fingerprint density at radius 1 is 1.36 bits per heavy atom. The number of nitrogens with zero attached hydrogens (tertiary/aromatic N) is 2. The quantitative estimate of drug-likeness (QED) is 0.311. The molecule has 0 saturated carbocycles. The van der Waals surface area contributed by atoms with Crippen LogP contribution in [-0.2, 0) is 4.79 Å². The van der Waals surface area contributed by atoms with Gasteiger partial charge in [0.25, 0.3) is 0 Å². The maximum absolute atomic E-state index is 10.2. The van der Waals surface area contributed by atoms with Gasteiger partial charge in [-0.05, 0) is 12.1 Å². The summed E-state index contributed by atoms with van der Waals surface area (Å²) in [6.07, 6.45) is 1.26. The average Bonchev–Trinajstić information content (AvgIpc) is 2.20. The van der Waals surface area contributed by atoms with Crippen LogP contribution in [0.3, 0.4) is 0 Å². The Hall–Kier alpha value is -2.04. The molecule has 0 radical (unpaired) electrons. The molecule has 1 atom stereocenters. The zero-order valence-corrected chi connectivity index (χ0v) is 7.24. The molecule has 1 aromatic carbocycles. The molecule has 0 bridgehead atoms. The molecule has 0 aliphatic rings. The number of para-hydroxylation sites is 1. The summed E-state index contributed by atoms with van der Waals surface area (Å²) in [7, 11) is 0. The fourth-order valence-corrected chi connectivity index (χ4v) is 0.816. The van der Waals surface area contributed by atoms with Crippen molar-refractivity contribution in [2.45, 2.75) is 6.04 Å². The van der Waals surface area contributed by atoms with Crippen molar-refractivity contribution < 1.29 is 9.72 Å². The topological polar surface area (TPSA) is 72.6 Å². The van der Waals surface area contributed by atoms with Crippen LogP contribution in [0.2, 0.25) is 0 Å². The van der Waals surface area contributed by atoms with Crippen LogP contribution in [0.5, 0.6) is 0 Å². The molecule has 1 unspecified atom stereocenters. The molecule has 5 nitrogen and oxygen atoms in total.